The number of nitrogens with one attached hydrogen (secondary N) is 2. The average Bonchev–Trinajstić information content (AvgIpc) is 2.55. The van der Waals surface area contributed by atoms with Crippen molar-refractivity contribution in [3.05, 3.63) is 70.3 Å². The van der Waals surface area contributed by atoms with Gasteiger partial charge in [0.2, 0.25) is 0 Å². The molecule has 2 rings (SSSR count). The van der Waals surface area contributed by atoms with Gasteiger partial charge >= 0.3 is 6.03 Å². The van der Waals surface area contributed by atoms with E-state index in [2.05, 4.69) is 10.6 Å². The fourth-order valence-electron chi connectivity index (χ4n) is 2.31. The van der Waals surface area contributed by atoms with Gasteiger partial charge in [0.25, 0.3) is 5.69 Å². The number of hydrogen-bond acceptors (Lipinski definition) is 4. The lowest BCUT2D eigenvalue weighted by Gasteiger charge is -2.23. The molecule has 1 atom stereocenters. The Balaban J connectivity index is 2.07. The van der Waals surface area contributed by atoms with Gasteiger partial charge in [-0.25, -0.2) is 4.79 Å². The molecule has 2 aromatic rings. The number of anilines is 1. The summed E-state index contributed by atoms with van der Waals surface area (Å²) in [7, 11) is 3.85. The van der Waals surface area contributed by atoms with E-state index in [-0.39, 0.29) is 11.7 Å². The molecule has 126 valence electrons. The third-order valence-corrected chi connectivity index (χ3v) is 3.37. The molecule has 0 heterocycles. The topological polar surface area (TPSA) is 87.5 Å². The molecule has 0 bridgehead atoms. The van der Waals surface area contributed by atoms with Crippen LogP contribution in [-0.2, 0) is 0 Å². The molecule has 0 unspecified atom stereocenters. The smallest absolute Gasteiger partial charge is 0.319 e. The van der Waals surface area contributed by atoms with Gasteiger partial charge < -0.3 is 15.5 Å². The van der Waals surface area contributed by atoms with E-state index in [4.69, 9.17) is 0 Å². The van der Waals surface area contributed by atoms with Crippen molar-refractivity contribution in [2.24, 2.45) is 0 Å². The van der Waals surface area contributed by atoms with Crippen LogP contribution in [0.1, 0.15) is 11.6 Å². The Morgan fingerprint density at radius 3 is 2.50 bits per heavy atom. The quantitative estimate of drug-likeness (QED) is 0.630. The van der Waals surface area contributed by atoms with Crippen molar-refractivity contribution in [3.8, 4) is 0 Å². The van der Waals surface area contributed by atoms with Gasteiger partial charge in [0.1, 0.15) is 0 Å². The number of nitro benzene ring substituents is 1. The molecular formula is C17H20N4O3. The summed E-state index contributed by atoms with van der Waals surface area (Å²) in [6.07, 6.45) is 0. The number of urea groups is 1. The van der Waals surface area contributed by atoms with Crippen molar-refractivity contribution in [2.75, 3.05) is 26.0 Å². The molecule has 0 fully saturated rings. The van der Waals surface area contributed by atoms with Gasteiger partial charge in [-0.3, -0.25) is 10.1 Å². The second kappa shape index (κ2) is 8.07. The van der Waals surface area contributed by atoms with Crippen LogP contribution in [0.25, 0.3) is 0 Å². The number of non-ortho nitro benzene ring substituents is 1. The molecule has 2 N–H and O–H groups in total. The van der Waals surface area contributed by atoms with E-state index in [0.29, 0.717) is 12.2 Å². The van der Waals surface area contributed by atoms with Gasteiger partial charge in [-0.1, -0.05) is 36.4 Å². The Bertz CT molecular complexity index is 704. The molecule has 0 saturated heterocycles. The highest BCUT2D eigenvalue weighted by molar-refractivity contribution is 5.89. The van der Waals surface area contributed by atoms with Crippen LogP contribution in [0.15, 0.2) is 54.6 Å². The van der Waals surface area contributed by atoms with Crippen molar-refractivity contribution in [1.82, 2.24) is 10.2 Å². The third kappa shape index (κ3) is 5.06. The summed E-state index contributed by atoms with van der Waals surface area (Å²) in [6.45, 7) is 0.631. The van der Waals surface area contributed by atoms with Crippen molar-refractivity contribution < 1.29 is 9.72 Å². The zero-order valence-electron chi connectivity index (χ0n) is 13.6. The highest BCUT2D eigenvalue weighted by Crippen LogP contribution is 2.18. The van der Waals surface area contributed by atoms with Crippen LogP contribution < -0.4 is 10.6 Å². The second-order valence-corrected chi connectivity index (χ2v) is 5.63. The van der Waals surface area contributed by atoms with E-state index >= 15 is 0 Å². The predicted molar refractivity (Wildman–Crippen MR) is 93.0 cm³/mol. The molecule has 2 aromatic carbocycles. The van der Waals surface area contributed by atoms with Crippen LogP contribution >= 0.6 is 0 Å². The molecule has 0 spiro atoms. The fraction of sp³-hybridized carbons (Fsp3) is 0.235. The number of nitrogens with zero attached hydrogens (tertiary/aromatic N) is 2. The standard InChI is InChI=1S/C17H20N4O3/c1-20(2)12-16(13-7-4-3-5-8-13)19-17(22)18-14-9-6-10-15(11-14)21(23)24/h3-11,16H,12H2,1-2H3,(H2,18,19,22)/t16-/m1/s1. The lowest BCUT2D eigenvalue weighted by Crippen LogP contribution is -2.37. The maximum atomic E-state index is 12.2. The molecule has 0 aromatic heterocycles. The first-order chi connectivity index (χ1) is 11.5. The van der Waals surface area contributed by atoms with Crippen molar-refractivity contribution >= 4 is 17.4 Å². The maximum Gasteiger partial charge on any atom is 0.319 e. The average molecular weight is 328 g/mol. The number of rotatable bonds is 6. The molecule has 0 aliphatic rings. The minimum absolute atomic E-state index is 0.0688. The number of likely N-dealkylation sites (N-methyl/N-ethyl adjacent to an activating group) is 1. The third-order valence-electron chi connectivity index (χ3n) is 3.37. The van der Waals surface area contributed by atoms with E-state index in [9.17, 15) is 14.9 Å². The largest absolute Gasteiger partial charge is 0.330 e. The molecule has 7 heteroatoms. The molecule has 0 saturated carbocycles. The van der Waals surface area contributed by atoms with E-state index in [1.54, 1.807) is 6.07 Å². The predicted octanol–water partition coefficient (Wildman–Crippen LogP) is 3.02. The molecular weight excluding hydrogens is 308 g/mol. The number of benzene rings is 2. The highest BCUT2D eigenvalue weighted by Gasteiger charge is 2.16. The Morgan fingerprint density at radius 1 is 1.17 bits per heavy atom. The van der Waals surface area contributed by atoms with E-state index < -0.39 is 11.0 Å². The summed E-state index contributed by atoms with van der Waals surface area (Å²) in [5, 5.41) is 16.3. The van der Waals surface area contributed by atoms with E-state index in [0.717, 1.165) is 5.56 Å². The first-order valence-electron chi connectivity index (χ1n) is 7.47. The van der Waals surface area contributed by atoms with Crippen LogP contribution in [0.5, 0.6) is 0 Å². The van der Waals surface area contributed by atoms with Crippen LogP contribution in [-0.4, -0.2) is 36.5 Å². The zero-order chi connectivity index (χ0) is 17.5. The Labute approximate surface area is 140 Å². The lowest BCUT2D eigenvalue weighted by atomic mass is 10.1. The number of amides is 2. The number of nitro groups is 1. The van der Waals surface area contributed by atoms with Gasteiger partial charge in [-0.05, 0) is 25.7 Å². The van der Waals surface area contributed by atoms with Crippen LogP contribution in [0.3, 0.4) is 0 Å². The van der Waals surface area contributed by atoms with E-state index in [1.165, 1.54) is 18.2 Å². The normalized spacial score (nSPS) is 11.8. The zero-order valence-corrected chi connectivity index (χ0v) is 13.6. The number of carbonyl (C=O) groups is 1. The molecule has 7 nitrogen and oxygen atoms in total. The molecule has 24 heavy (non-hydrogen) atoms. The summed E-state index contributed by atoms with van der Waals surface area (Å²) in [5.41, 5.74) is 1.29. The van der Waals surface area contributed by atoms with Crippen LogP contribution in [0.2, 0.25) is 0 Å². The maximum absolute atomic E-state index is 12.2. The molecule has 0 aliphatic carbocycles. The first-order valence-corrected chi connectivity index (χ1v) is 7.47. The minimum Gasteiger partial charge on any atom is -0.330 e. The van der Waals surface area contributed by atoms with Crippen molar-refractivity contribution in [3.63, 3.8) is 0 Å². The number of carbonyl (C=O) groups excluding carboxylic acids is 1. The Morgan fingerprint density at radius 2 is 1.88 bits per heavy atom. The molecule has 0 radical (unpaired) electrons. The SMILES string of the molecule is CN(C)C[C@@H](NC(=O)Nc1cccc([N+](=O)[O-])c1)c1ccccc1. The summed E-state index contributed by atoms with van der Waals surface area (Å²) in [6, 6.07) is 14.9. The van der Waals surface area contributed by atoms with Crippen molar-refractivity contribution in [1.29, 1.82) is 0 Å². The number of hydrogen-bond donors (Lipinski definition) is 2. The second-order valence-electron chi connectivity index (χ2n) is 5.63. The van der Waals surface area contributed by atoms with Gasteiger partial charge in [0.15, 0.2) is 0 Å². The monoisotopic (exact) mass is 328 g/mol. The van der Waals surface area contributed by atoms with Gasteiger partial charge in [0, 0.05) is 24.4 Å². The highest BCUT2D eigenvalue weighted by atomic mass is 16.6. The van der Waals surface area contributed by atoms with Crippen molar-refractivity contribution in [2.45, 2.75) is 6.04 Å². The first kappa shape index (κ1) is 17.4. The van der Waals surface area contributed by atoms with Gasteiger partial charge in [-0.15, -0.1) is 0 Å². The summed E-state index contributed by atoms with van der Waals surface area (Å²) < 4.78 is 0. The van der Waals surface area contributed by atoms with Gasteiger partial charge in [0.05, 0.1) is 11.0 Å². The molecule has 2 amide bonds. The Hall–Kier alpha value is -2.93. The molecule has 0 aliphatic heterocycles. The fourth-order valence-corrected chi connectivity index (χ4v) is 2.31. The van der Waals surface area contributed by atoms with Gasteiger partial charge in [-0.2, -0.15) is 0 Å². The van der Waals surface area contributed by atoms with E-state index in [1.807, 2.05) is 49.3 Å². The summed E-state index contributed by atoms with van der Waals surface area (Å²) in [5.74, 6) is 0. The minimum atomic E-state index is -0.498. The van der Waals surface area contributed by atoms with Crippen LogP contribution in [0, 0.1) is 10.1 Å². The van der Waals surface area contributed by atoms with Crippen LogP contribution in [0.4, 0.5) is 16.2 Å². The Kier molecular flexibility index (Phi) is 5.86. The lowest BCUT2D eigenvalue weighted by molar-refractivity contribution is -0.384. The summed E-state index contributed by atoms with van der Waals surface area (Å²) >= 11 is 0. The summed E-state index contributed by atoms with van der Waals surface area (Å²) in [4.78, 5) is 24.5.